The minimum atomic E-state index is 0.235. The van der Waals surface area contributed by atoms with Crippen LogP contribution in [0, 0.1) is 0 Å². The maximum absolute atomic E-state index is 12.1. The number of carbonyl (C=O) groups excluding carboxylic acids is 1. The summed E-state index contributed by atoms with van der Waals surface area (Å²) < 4.78 is 0. The largest absolute Gasteiger partial charge is 0.325 e. The highest BCUT2D eigenvalue weighted by atomic mass is 16.2. The average molecular weight is 227 g/mol. The van der Waals surface area contributed by atoms with E-state index in [4.69, 9.17) is 0 Å². The molecular weight excluding hydrogens is 202 g/mol. The summed E-state index contributed by atoms with van der Waals surface area (Å²) in [7, 11) is 4.14. The first-order valence-electron chi connectivity index (χ1n) is 6.33. The number of carbonyl (C=O) groups is 1. The zero-order valence-electron chi connectivity index (χ0n) is 10.9. The maximum atomic E-state index is 12.1. The molecule has 94 valence electrons. The molecule has 1 fully saturated rings. The van der Waals surface area contributed by atoms with E-state index in [0.29, 0.717) is 0 Å². The summed E-state index contributed by atoms with van der Waals surface area (Å²) in [5.41, 5.74) is 0. The van der Waals surface area contributed by atoms with E-state index in [9.17, 15) is 4.79 Å². The van der Waals surface area contributed by atoms with Crippen molar-refractivity contribution in [1.29, 1.82) is 0 Å². The normalized spacial score (nSPS) is 15.9. The van der Waals surface area contributed by atoms with E-state index in [0.717, 1.165) is 39.1 Å². The first-order valence-corrected chi connectivity index (χ1v) is 6.33. The molecule has 0 aromatic carbocycles. The third kappa shape index (κ3) is 4.00. The van der Waals surface area contributed by atoms with Crippen LogP contribution < -0.4 is 0 Å². The second kappa shape index (κ2) is 6.74. The van der Waals surface area contributed by atoms with E-state index >= 15 is 0 Å². The molecule has 4 nitrogen and oxygen atoms in total. The summed E-state index contributed by atoms with van der Waals surface area (Å²) in [4.78, 5) is 18.2. The first kappa shape index (κ1) is 13.3. The van der Waals surface area contributed by atoms with Gasteiger partial charge in [-0.15, -0.1) is 0 Å². The predicted molar refractivity (Wildman–Crippen MR) is 66.6 cm³/mol. The van der Waals surface area contributed by atoms with E-state index in [1.165, 1.54) is 12.8 Å². The molecule has 1 aliphatic rings. The highest BCUT2D eigenvalue weighted by molar-refractivity contribution is 5.74. The number of nitrogens with zero attached hydrogens (tertiary/aromatic N) is 3. The van der Waals surface area contributed by atoms with E-state index in [1.54, 1.807) is 0 Å². The van der Waals surface area contributed by atoms with Crippen LogP contribution in [0.15, 0.2) is 0 Å². The summed E-state index contributed by atoms with van der Waals surface area (Å²) in [6.45, 7) is 6.70. The van der Waals surface area contributed by atoms with E-state index in [1.807, 2.05) is 9.80 Å². The summed E-state index contributed by atoms with van der Waals surface area (Å²) in [5, 5.41) is 0. The van der Waals surface area contributed by atoms with Gasteiger partial charge in [0, 0.05) is 26.2 Å². The van der Waals surface area contributed by atoms with Crippen LogP contribution >= 0.6 is 0 Å². The molecule has 0 aromatic rings. The topological polar surface area (TPSA) is 26.8 Å². The van der Waals surface area contributed by atoms with Crippen LogP contribution in [0.3, 0.4) is 0 Å². The van der Waals surface area contributed by atoms with Crippen LogP contribution in [0.4, 0.5) is 4.79 Å². The lowest BCUT2D eigenvalue weighted by atomic mass is 10.3. The van der Waals surface area contributed by atoms with Crippen molar-refractivity contribution in [2.45, 2.75) is 26.2 Å². The Morgan fingerprint density at radius 2 is 1.81 bits per heavy atom. The minimum absolute atomic E-state index is 0.235. The number of likely N-dealkylation sites (tertiary alicyclic amines) is 1. The number of amides is 2. The van der Waals surface area contributed by atoms with Gasteiger partial charge >= 0.3 is 6.03 Å². The van der Waals surface area contributed by atoms with Crippen molar-refractivity contribution in [3.8, 4) is 0 Å². The summed E-state index contributed by atoms with van der Waals surface area (Å²) >= 11 is 0. The standard InChI is InChI=1S/C12H25N3O/c1-4-14(11-7-8-13(2)3)12(16)15-9-5-6-10-15/h4-11H2,1-3H3. The van der Waals surface area contributed by atoms with Crippen LogP contribution in [-0.4, -0.2) is 67.5 Å². The van der Waals surface area contributed by atoms with Gasteiger partial charge in [0.2, 0.25) is 0 Å². The molecule has 0 radical (unpaired) electrons. The maximum Gasteiger partial charge on any atom is 0.319 e. The van der Waals surface area contributed by atoms with Gasteiger partial charge in [-0.1, -0.05) is 0 Å². The summed E-state index contributed by atoms with van der Waals surface area (Å²) in [5.74, 6) is 0. The van der Waals surface area contributed by atoms with Crippen molar-refractivity contribution in [3.63, 3.8) is 0 Å². The molecule has 0 aliphatic carbocycles. The number of rotatable bonds is 5. The second-order valence-electron chi connectivity index (χ2n) is 4.71. The van der Waals surface area contributed by atoms with Crippen LogP contribution in [0.1, 0.15) is 26.2 Å². The smallest absolute Gasteiger partial charge is 0.319 e. The van der Waals surface area contributed by atoms with Crippen molar-refractivity contribution in [2.75, 3.05) is 46.8 Å². The van der Waals surface area contributed by atoms with Crippen molar-refractivity contribution < 1.29 is 4.79 Å². The number of hydrogen-bond acceptors (Lipinski definition) is 2. The Morgan fingerprint density at radius 1 is 1.19 bits per heavy atom. The molecule has 2 amide bonds. The number of hydrogen-bond donors (Lipinski definition) is 0. The Kier molecular flexibility index (Phi) is 5.60. The van der Waals surface area contributed by atoms with Crippen molar-refractivity contribution in [1.82, 2.24) is 14.7 Å². The van der Waals surface area contributed by atoms with Crippen molar-refractivity contribution >= 4 is 6.03 Å². The molecule has 1 rings (SSSR count). The van der Waals surface area contributed by atoms with E-state index in [-0.39, 0.29) is 6.03 Å². The fourth-order valence-electron chi connectivity index (χ4n) is 2.08. The lowest BCUT2D eigenvalue weighted by Crippen LogP contribution is -2.42. The molecule has 0 bridgehead atoms. The highest BCUT2D eigenvalue weighted by Crippen LogP contribution is 2.10. The van der Waals surface area contributed by atoms with Crippen LogP contribution in [0.2, 0.25) is 0 Å². The summed E-state index contributed by atoms with van der Waals surface area (Å²) in [6.07, 6.45) is 3.39. The Bertz CT molecular complexity index is 212. The van der Waals surface area contributed by atoms with Gasteiger partial charge in [-0.05, 0) is 46.8 Å². The molecule has 0 unspecified atom stereocenters. The zero-order valence-corrected chi connectivity index (χ0v) is 10.9. The minimum Gasteiger partial charge on any atom is -0.325 e. The fraction of sp³-hybridized carbons (Fsp3) is 0.917. The second-order valence-corrected chi connectivity index (χ2v) is 4.71. The van der Waals surface area contributed by atoms with Crippen LogP contribution in [-0.2, 0) is 0 Å². The Balaban J connectivity index is 2.31. The average Bonchev–Trinajstić information content (AvgIpc) is 2.76. The van der Waals surface area contributed by atoms with Crippen LogP contribution in [0.5, 0.6) is 0 Å². The quantitative estimate of drug-likeness (QED) is 0.711. The molecule has 1 saturated heterocycles. The molecule has 0 aromatic heterocycles. The fourth-order valence-corrected chi connectivity index (χ4v) is 2.08. The van der Waals surface area contributed by atoms with Crippen molar-refractivity contribution in [2.24, 2.45) is 0 Å². The van der Waals surface area contributed by atoms with Gasteiger partial charge in [0.05, 0.1) is 0 Å². The summed E-state index contributed by atoms with van der Waals surface area (Å²) in [6, 6.07) is 0.235. The van der Waals surface area contributed by atoms with Gasteiger partial charge in [0.25, 0.3) is 0 Å². The first-order chi connectivity index (χ1) is 7.65. The molecule has 0 atom stereocenters. The van der Waals surface area contributed by atoms with Gasteiger partial charge in [-0.2, -0.15) is 0 Å². The molecule has 0 saturated carbocycles. The molecule has 0 spiro atoms. The molecule has 4 heteroatoms. The Hall–Kier alpha value is -0.770. The third-order valence-corrected chi connectivity index (χ3v) is 3.06. The van der Waals surface area contributed by atoms with Gasteiger partial charge < -0.3 is 14.7 Å². The van der Waals surface area contributed by atoms with E-state index in [2.05, 4.69) is 25.9 Å². The predicted octanol–water partition coefficient (Wildman–Crippen LogP) is 1.48. The molecule has 1 aliphatic heterocycles. The zero-order chi connectivity index (χ0) is 12.0. The lowest BCUT2D eigenvalue weighted by Gasteiger charge is -2.27. The Morgan fingerprint density at radius 3 is 2.31 bits per heavy atom. The number of urea groups is 1. The third-order valence-electron chi connectivity index (χ3n) is 3.06. The monoisotopic (exact) mass is 227 g/mol. The van der Waals surface area contributed by atoms with Gasteiger partial charge in [-0.3, -0.25) is 0 Å². The molecule has 0 N–H and O–H groups in total. The molecular formula is C12H25N3O. The van der Waals surface area contributed by atoms with Crippen LogP contribution in [0.25, 0.3) is 0 Å². The van der Waals surface area contributed by atoms with Gasteiger partial charge in [0.15, 0.2) is 0 Å². The Labute approximate surface area is 99.2 Å². The van der Waals surface area contributed by atoms with Crippen molar-refractivity contribution in [3.05, 3.63) is 0 Å². The van der Waals surface area contributed by atoms with Gasteiger partial charge in [-0.25, -0.2) is 4.79 Å². The van der Waals surface area contributed by atoms with Gasteiger partial charge in [0.1, 0.15) is 0 Å². The SMILES string of the molecule is CCN(CCCN(C)C)C(=O)N1CCCC1. The highest BCUT2D eigenvalue weighted by Gasteiger charge is 2.22. The molecule has 1 heterocycles. The molecule has 16 heavy (non-hydrogen) atoms. The van der Waals surface area contributed by atoms with E-state index < -0.39 is 0 Å². The lowest BCUT2D eigenvalue weighted by molar-refractivity contribution is 0.163.